The molecule has 1 aromatic carbocycles. The van der Waals surface area contributed by atoms with Crippen molar-refractivity contribution < 1.29 is 19.1 Å². The zero-order valence-corrected chi connectivity index (χ0v) is 12.7. The smallest absolute Gasteiger partial charge is 0.311 e. The molecule has 116 valence electrons. The lowest BCUT2D eigenvalue weighted by Gasteiger charge is -2.09. The fourth-order valence-corrected chi connectivity index (χ4v) is 2.41. The first-order chi connectivity index (χ1) is 10.5. The molecular formula is C17H19NO4. The minimum Gasteiger partial charge on any atom is -0.481 e. The molecule has 0 bridgehead atoms. The molecule has 0 spiro atoms. The van der Waals surface area contributed by atoms with Crippen LogP contribution in [0.25, 0.3) is 0 Å². The van der Waals surface area contributed by atoms with E-state index in [0.29, 0.717) is 17.7 Å². The molecule has 0 unspecified atom stereocenters. The first-order valence-corrected chi connectivity index (χ1v) is 7.16. The zero-order chi connectivity index (χ0) is 16.1. The highest BCUT2D eigenvalue weighted by Gasteiger charge is 2.20. The second-order valence-corrected chi connectivity index (χ2v) is 5.09. The Morgan fingerprint density at radius 3 is 2.55 bits per heavy atom. The third kappa shape index (κ3) is 3.55. The number of carboxylic acids is 1. The number of carboxylic acid groups (broad SMARTS) is 1. The normalized spacial score (nSPS) is 10.5. The number of carbonyl (C=O) groups is 2. The van der Waals surface area contributed by atoms with Gasteiger partial charge in [0.2, 0.25) is 0 Å². The first-order valence-electron chi connectivity index (χ1n) is 7.16. The van der Waals surface area contributed by atoms with E-state index in [1.54, 1.807) is 6.92 Å². The van der Waals surface area contributed by atoms with E-state index in [-0.39, 0.29) is 18.1 Å². The van der Waals surface area contributed by atoms with Crippen LogP contribution in [-0.4, -0.2) is 17.0 Å². The quantitative estimate of drug-likeness (QED) is 0.859. The van der Waals surface area contributed by atoms with Crippen LogP contribution in [0, 0.1) is 6.92 Å². The van der Waals surface area contributed by atoms with E-state index in [2.05, 4.69) is 12.2 Å². The summed E-state index contributed by atoms with van der Waals surface area (Å²) in [5.41, 5.74) is 3.19. The van der Waals surface area contributed by atoms with Gasteiger partial charge in [0.25, 0.3) is 5.91 Å². The van der Waals surface area contributed by atoms with E-state index >= 15 is 0 Å². The molecule has 22 heavy (non-hydrogen) atoms. The summed E-state index contributed by atoms with van der Waals surface area (Å²) in [5.74, 6) is -1.15. The van der Waals surface area contributed by atoms with Crippen LogP contribution in [0.3, 0.4) is 0 Å². The summed E-state index contributed by atoms with van der Waals surface area (Å²) < 4.78 is 5.18. The van der Waals surface area contributed by atoms with Crippen LogP contribution in [0.1, 0.15) is 39.7 Å². The van der Waals surface area contributed by atoms with Gasteiger partial charge in [0.05, 0.1) is 11.8 Å². The van der Waals surface area contributed by atoms with E-state index < -0.39 is 5.97 Å². The van der Waals surface area contributed by atoms with Crippen molar-refractivity contribution in [3.63, 3.8) is 0 Å². The molecule has 1 heterocycles. The van der Waals surface area contributed by atoms with Gasteiger partial charge in [-0.15, -0.1) is 0 Å². The molecular weight excluding hydrogens is 282 g/mol. The van der Waals surface area contributed by atoms with Crippen molar-refractivity contribution in [2.24, 2.45) is 0 Å². The summed E-state index contributed by atoms with van der Waals surface area (Å²) in [6.07, 6.45) is 2.00. The Hall–Kier alpha value is -2.56. The topological polar surface area (TPSA) is 79.5 Å². The summed E-state index contributed by atoms with van der Waals surface area (Å²) in [7, 11) is 0. The predicted octanol–water partition coefficient (Wildman–Crippen LogP) is 2.71. The Kier molecular flexibility index (Phi) is 4.99. The minimum absolute atomic E-state index is 0.186. The summed E-state index contributed by atoms with van der Waals surface area (Å²) >= 11 is 0. The van der Waals surface area contributed by atoms with E-state index in [0.717, 1.165) is 12.0 Å². The molecule has 0 aliphatic carbocycles. The molecule has 0 saturated carbocycles. The molecule has 0 saturated heterocycles. The molecule has 1 amide bonds. The summed E-state index contributed by atoms with van der Waals surface area (Å²) in [6, 6.07) is 7.90. The molecule has 5 heteroatoms. The van der Waals surface area contributed by atoms with Gasteiger partial charge in [0.15, 0.2) is 0 Å². The van der Waals surface area contributed by atoms with Crippen LogP contribution >= 0.6 is 0 Å². The highest BCUT2D eigenvalue weighted by molar-refractivity contribution is 5.97. The SMILES string of the molecule is CCc1ccccc1CNC(=O)c1c(C)coc1CC(=O)O. The van der Waals surface area contributed by atoms with Crippen molar-refractivity contribution in [3.8, 4) is 0 Å². The first kappa shape index (κ1) is 15.8. The number of rotatable bonds is 6. The Labute approximate surface area is 129 Å². The monoisotopic (exact) mass is 301 g/mol. The van der Waals surface area contributed by atoms with Crippen LogP contribution < -0.4 is 5.32 Å². The maximum Gasteiger partial charge on any atom is 0.311 e. The number of amides is 1. The lowest BCUT2D eigenvalue weighted by Crippen LogP contribution is -2.25. The lowest BCUT2D eigenvalue weighted by molar-refractivity contribution is -0.136. The largest absolute Gasteiger partial charge is 0.481 e. The van der Waals surface area contributed by atoms with Crippen LogP contribution in [0.5, 0.6) is 0 Å². The van der Waals surface area contributed by atoms with Gasteiger partial charge in [0, 0.05) is 12.1 Å². The van der Waals surface area contributed by atoms with E-state index in [1.807, 2.05) is 24.3 Å². The van der Waals surface area contributed by atoms with E-state index in [9.17, 15) is 9.59 Å². The summed E-state index contributed by atoms with van der Waals surface area (Å²) in [4.78, 5) is 23.2. The van der Waals surface area contributed by atoms with Crippen molar-refractivity contribution in [3.05, 3.63) is 58.5 Å². The molecule has 2 N–H and O–H groups in total. The van der Waals surface area contributed by atoms with Crippen LogP contribution in [-0.2, 0) is 24.2 Å². The minimum atomic E-state index is -1.03. The summed E-state index contributed by atoms with van der Waals surface area (Å²) in [6.45, 7) is 4.19. The van der Waals surface area contributed by atoms with Gasteiger partial charge in [0.1, 0.15) is 12.2 Å². The number of carbonyl (C=O) groups excluding carboxylic acids is 1. The molecule has 0 atom stereocenters. The molecule has 0 aliphatic rings. The van der Waals surface area contributed by atoms with Gasteiger partial charge in [-0.3, -0.25) is 9.59 Å². The number of aryl methyl sites for hydroxylation is 2. The number of benzene rings is 1. The maximum absolute atomic E-state index is 12.3. The van der Waals surface area contributed by atoms with Crippen molar-refractivity contribution >= 4 is 11.9 Å². The third-order valence-electron chi connectivity index (χ3n) is 3.53. The second-order valence-electron chi connectivity index (χ2n) is 5.09. The van der Waals surface area contributed by atoms with Gasteiger partial charge >= 0.3 is 5.97 Å². The number of furan rings is 1. The zero-order valence-electron chi connectivity index (χ0n) is 12.7. The number of nitrogens with one attached hydrogen (secondary N) is 1. The van der Waals surface area contributed by atoms with Crippen molar-refractivity contribution in [1.82, 2.24) is 5.32 Å². The second kappa shape index (κ2) is 6.93. The Morgan fingerprint density at radius 2 is 1.91 bits per heavy atom. The molecule has 0 aliphatic heterocycles. The molecule has 0 radical (unpaired) electrons. The van der Waals surface area contributed by atoms with E-state index in [4.69, 9.17) is 9.52 Å². The van der Waals surface area contributed by atoms with Gasteiger partial charge in [-0.2, -0.15) is 0 Å². The van der Waals surface area contributed by atoms with Gasteiger partial charge in [-0.25, -0.2) is 0 Å². The average molecular weight is 301 g/mol. The highest BCUT2D eigenvalue weighted by atomic mass is 16.4. The van der Waals surface area contributed by atoms with Crippen molar-refractivity contribution in [2.75, 3.05) is 0 Å². The molecule has 2 aromatic rings. The molecule has 0 fully saturated rings. The summed E-state index contributed by atoms with van der Waals surface area (Å²) in [5, 5.41) is 11.7. The fourth-order valence-electron chi connectivity index (χ4n) is 2.41. The number of hydrogen-bond donors (Lipinski definition) is 2. The van der Waals surface area contributed by atoms with Gasteiger partial charge in [-0.05, 0) is 24.5 Å². The van der Waals surface area contributed by atoms with Crippen molar-refractivity contribution in [2.45, 2.75) is 33.2 Å². The predicted molar refractivity (Wildman–Crippen MR) is 81.8 cm³/mol. The standard InChI is InChI=1S/C17H19NO4/c1-3-12-6-4-5-7-13(12)9-18-17(21)16-11(2)10-22-14(16)8-15(19)20/h4-7,10H,3,8-9H2,1-2H3,(H,18,21)(H,19,20). The highest BCUT2D eigenvalue weighted by Crippen LogP contribution is 2.18. The van der Waals surface area contributed by atoms with Crippen LogP contribution in [0.2, 0.25) is 0 Å². The molecule has 5 nitrogen and oxygen atoms in total. The number of hydrogen-bond acceptors (Lipinski definition) is 3. The molecule has 2 rings (SSSR count). The Bertz CT molecular complexity index is 688. The van der Waals surface area contributed by atoms with Crippen molar-refractivity contribution in [1.29, 1.82) is 0 Å². The fraction of sp³-hybridized carbons (Fsp3) is 0.294. The third-order valence-corrected chi connectivity index (χ3v) is 3.53. The Balaban J connectivity index is 2.13. The maximum atomic E-state index is 12.3. The average Bonchev–Trinajstić information content (AvgIpc) is 2.85. The Morgan fingerprint density at radius 1 is 1.23 bits per heavy atom. The number of aliphatic carboxylic acids is 1. The van der Waals surface area contributed by atoms with Crippen LogP contribution in [0.15, 0.2) is 34.9 Å². The van der Waals surface area contributed by atoms with Crippen LogP contribution in [0.4, 0.5) is 0 Å². The van der Waals surface area contributed by atoms with Gasteiger partial charge in [-0.1, -0.05) is 31.2 Å². The molecule has 1 aromatic heterocycles. The van der Waals surface area contributed by atoms with Gasteiger partial charge < -0.3 is 14.8 Å². The van der Waals surface area contributed by atoms with E-state index in [1.165, 1.54) is 11.8 Å². The lowest BCUT2D eigenvalue weighted by atomic mass is 10.0.